The van der Waals surface area contributed by atoms with Crippen molar-refractivity contribution in [3.8, 4) is 23.0 Å². The highest BCUT2D eigenvalue weighted by molar-refractivity contribution is 14.1. The Morgan fingerprint density at radius 3 is 2.20 bits per heavy atom. The largest absolute Gasteiger partial charge is 0.490 e. The molecule has 3 aromatic carbocycles. The molecular weight excluding hydrogens is 843 g/mol. The molecule has 2 heterocycles. The average Bonchev–Trinajstić information content (AvgIpc) is 3.47. The summed E-state index contributed by atoms with van der Waals surface area (Å²) in [5, 5.41) is 0. The smallest absolute Gasteiger partial charge is 0.343 e. The van der Waals surface area contributed by atoms with Gasteiger partial charge in [-0.2, -0.15) is 0 Å². The summed E-state index contributed by atoms with van der Waals surface area (Å²) in [6.45, 7) is 9.82. The zero-order valence-corrected chi connectivity index (χ0v) is 34.2. The standard InChI is InChI=1S/C40H41IN2O11S/c1-7-49-30-20-27(15-16-29(30)53-22-33(44)48-6)35-34(39(47)52-10-4)23(5)42-40-43(35)37(45)32(55-40)19-25-17-28(41)36(31(18-25)50-8-2)54-21-24-11-13-26(14-12-24)38(46)51-9-3/h11-20,35H,7-10,21-22H2,1-6H3/b32-19+/t35-/m1/s1. The number of carbonyl (C=O) groups excluding carboxylic acids is 3. The van der Waals surface area contributed by atoms with Crippen molar-refractivity contribution < 1.29 is 47.5 Å². The number of nitrogens with zero attached hydrogens (tertiary/aromatic N) is 2. The summed E-state index contributed by atoms with van der Waals surface area (Å²) in [6.07, 6.45) is 1.75. The highest BCUT2D eigenvalue weighted by Crippen LogP contribution is 2.37. The van der Waals surface area contributed by atoms with E-state index in [2.05, 4.69) is 27.6 Å². The molecule has 55 heavy (non-hydrogen) atoms. The molecule has 0 unspecified atom stereocenters. The van der Waals surface area contributed by atoms with E-state index in [0.29, 0.717) is 67.9 Å². The monoisotopic (exact) mass is 884 g/mol. The second-order valence-electron chi connectivity index (χ2n) is 11.8. The minimum Gasteiger partial charge on any atom is -0.490 e. The molecule has 290 valence electrons. The van der Waals surface area contributed by atoms with Gasteiger partial charge in [0.25, 0.3) is 5.56 Å². The summed E-state index contributed by atoms with van der Waals surface area (Å²) in [5.74, 6) is 0.0884. The van der Waals surface area contributed by atoms with E-state index in [9.17, 15) is 19.2 Å². The Morgan fingerprint density at radius 2 is 1.53 bits per heavy atom. The van der Waals surface area contributed by atoms with Crippen LogP contribution < -0.4 is 33.8 Å². The van der Waals surface area contributed by atoms with Gasteiger partial charge in [-0.05, 0) is 116 Å². The van der Waals surface area contributed by atoms with Crippen molar-refractivity contribution in [3.05, 3.63) is 111 Å². The molecule has 0 saturated heterocycles. The summed E-state index contributed by atoms with van der Waals surface area (Å²) in [4.78, 5) is 56.7. The Bertz CT molecular complexity index is 2280. The van der Waals surface area contributed by atoms with Gasteiger partial charge in [0.2, 0.25) is 0 Å². The van der Waals surface area contributed by atoms with Crippen LogP contribution >= 0.6 is 33.9 Å². The molecule has 1 aromatic heterocycles. The van der Waals surface area contributed by atoms with Gasteiger partial charge in [-0.15, -0.1) is 0 Å². The molecule has 1 aliphatic heterocycles. The van der Waals surface area contributed by atoms with Gasteiger partial charge in [-0.3, -0.25) is 9.36 Å². The third kappa shape index (κ3) is 9.57. The second-order valence-corrected chi connectivity index (χ2v) is 13.9. The molecule has 0 aliphatic carbocycles. The molecule has 0 fully saturated rings. The lowest BCUT2D eigenvalue weighted by atomic mass is 9.95. The van der Waals surface area contributed by atoms with Crippen LogP contribution in [0.1, 0.15) is 67.7 Å². The number of methoxy groups -OCH3 is 1. The first-order chi connectivity index (χ1) is 26.5. The maximum Gasteiger partial charge on any atom is 0.343 e. The van der Waals surface area contributed by atoms with Gasteiger partial charge in [0.15, 0.2) is 34.4 Å². The molecular formula is C40H41IN2O11S. The van der Waals surface area contributed by atoms with Crippen LogP contribution in [-0.2, 0) is 30.4 Å². The first-order valence-electron chi connectivity index (χ1n) is 17.5. The van der Waals surface area contributed by atoms with E-state index < -0.39 is 18.0 Å². The van der Waals surface area contributed by atoms with E-state index in [1.54, 1.807) is 82.3 Å². The number of esters is 3. The maximum absolute atomic E-state index is 14.4. The molecule has 5 rings (SSSR count). The number of ether oxygens (including phenoxy) is 7. The Balaban J connectivity index is 1.54. The summed E-state index contributed by atoms with van der Waals surface area (Å²) >= 11 is 3.36. The molecule has 15 heteroatoms. The van der Waals surface area contributed by atoms with Gasteiger partial charge < -0.3 is 33.2 Å². The van der Waals surface area contributed by atoms with Crippen LogP contribution in [0.5, 0.6) is 23.0 Å². The van der Waals surface area contributed by atoms with Crippen LogP contribution in [0.25, 0.3) is 6.08 Å². The van der Waals surface area contributed by atoms with Gasteiger partial charge in [0, 0.05) is 0 Å². The number of benzene rings is 3. The first kappa shape index (κ1) is 41.0. The maximum atomic E-state index is 14.4. The summed E-state index contributed by atoms with van der Waals surface area (Å²) in [5.41, 5.74) is 2.78. The van der Waals surface area contributed by atoms with Gasteiger partial charge in [0.05, 0.1) is 64.5 Å². The number of aromatic nitrogens is 1. The van der Waals surface area contributed by atoms with Gasteiger partial charge in [-0.25, -0.2) is 19.4 Å². The van der Waals surface area contributed by atoms with Gasteiger partial charge in [-0.1, -0.05) is 29.5 Å². The van der Waals surface area contributed by atoms with E-state index in [0.717, 1.165) is 9.13 Å². The summed E-state index contributed by atoms with van der Waals surface area (Å²) in [6, 6.07) is 14.8. The molecule has 0 radical (unpaired) electrons. The molecule has 1 aliphatic rings. The summed E-state index contributed by atoms with van der Waals surface area (Å²) in [7, 11) is 1.27. The molecule has 0 spiro atoms. The van der Waals surface area contributed by atoms with E-state index in [-0.39, 0.29) is 43.5 Å². The normalized spacial score (nSPS) is 13.7. The highest BCUT2D eigenvalue weighted by Gasteiger charge is 2.34. The highest BCUT2D eigenvalue weighted by atomic mass is 127. The Kier molecular flexibility index (Phi) is 14.1. The zero-order valence-electron chi connectivity index (χ0n) is 31.3. The van der Waals surface area contributed by atoms with Crippen molar-refractivity contribution in [3.63, 3.8) is 0 Å². The van der Waals surface area contributed by atoms with E-state index in [1.807, 2.05) is 13.0 Å². The summed E-state index contributed by atoms with van der Waals surface area (Å²) < 4.78 is 41.5. The minimum absolute atomic E-state index is 0.125. The molecule has 0 bridgehead atoms. The lowest BCUT2D eigenvalue weighted by molar-refractivity contribution is -0.143. The van der Waals surface area contributed by atoms with Crippen LogP contribution in [-0.4, -0.2) is 62.6 Å². The average molecular weight is 885 g/mol. The Hall–Kier alpha value is -5.16. The van der Waals surface area contributed by atoms with Crippen molar-refractivity contribution in [1.82, 2.24) is 4.57 Å². The molecule has 0 N–H and O–H groups in total. The van der Waals surface area contributed by atoms with E-state index in [4.69, 9.17) is 33.2 Å². The lowest BCUT2D eigenvalue weighted by Crippen LogP contribution is -2.40. The van der Waals surface area contributed by atoms with Crippen LogP contribution in [0.15, 0.2) is 75.7 Å². The predicted molar refractivity (Wildman–Crippen MR) is 213 cm³/mol. The van der Waals surface area contributed by atoms with Gasteiger partial charge >= 0.3 is 17.9 Å². The van der Waals surface area contributed by atoms with Crippen molar-refractivity contribution in [2.75, 3.05) is 40.1 Å². The molecule has 0 amide bonds. The third-order valence-corrected chi connectivity index (χ3v) is 9.94. The van der Waals surface area contributed by atoms with Crippen LogP contribution in [0.4, 0.5) is 0 Å². The van der Waals surface area contributed by atoms with Crippen molar-refractivity contribution >= 4 is 57.9 Å². The van der Waals surface area contributed by atoms with Gasteiger partial charge in [0.1, 0.15) is 6.61 Å². The van der Waals surface area contributed by atoms with Crippen molar-refractivity contribution in [1.29, 1.82) is 0 Å². The number of hydrogen-bond acceptors (Lipinski definition) is 13. The predicted octanol–water partition coefficient (Wildman–Crippen LogP) is 5.51. The molecule has 0 saturated carbocycles. The number of thiazole rings is 1. The minimum atomic E-state index is -0.910. The van der Waals surface area contributed by atoms with E-state index in [1.165, 1.54) is 23.0 Å². The third-order valence-electron chi connectivity index (χ3n) is 8.15. The second kappa shape index (κ2) is 18.9. The quantitative estimate of drug-likeness (QED) is 0.0797. The number of carbonyl (C=O) groups is 3. The first-order valence-corrected chi connectivity index (χ1v) is 19.4. The van der Waals surface area contributed by atoms with Crippen molar-refractivity contribution in [2.24, 2.45) is 4.99 Å². The Labute approximate surface area is 335 Å². The lowest BCUT2D eigenvalue weighted by Gasteiger charge is -2.25. The Morgan fingerprint density at radius 1 is 0.836 bits per heavy atom. The van der Waals surface area contributed by atoms with Crippen LogP contribution in [0, 0.1) is 3.57 Å². The van der Waals surface area contributed by atoms with Crippen molar-refractivity contribution in [2.45, 2.75) is 47.3 Å². The topological polar surface area (TPSA) is 150 Å². The van der Waals surface area contributed by atoms with Crippen LogP contribution in [0.2, 0.25) is 0 Å². The zero-order chi connectivity index (χ0) is 39.6. The van der Waals surface area contributed by atoms with E-state index >= 15 is 0 Å². The molecule has 4 aromatic rings. The fourth-order valence-corrected chi connectivity index (χ4v) is 7.55. The fraction of sp³-hybridized carbons (Fsp3) is 0.325. The number of hydrogen-bond donors (Lipinski definition) is 0. The molecule has 1 atom stereocenters. The number of halogens is 1. The fourth-order valence-electron chi connectivity index (χ4n) is 5.72. The molecule has 13 nitrogen and oxygen atoms in total. The SMILES string of the molecule is CCOC(=O)C1=C(C)N=c2s/c(=C/c3cc(I)c(OCc4ccc(C(=O)OCC)cc4)c(OCC)c3)c(=O)n2[C@@H]1c1ccc(OCC(=O)OC)c(OCC)c1. The number of allylic oxidation sites excluding steroid dienone is 1. The number of fused-ring (bicyclic) bond motifs is 1. The number of rotatable bonds is 16. The van der Waals surface area contributed by atoms with Crippen LogP contribution in [0.3, 0.4) is 0 Å².